The van der Waals surface area contributed by atoms with Crippen LogP contribution in [0.25, 0.3) is 0 Å². The van der Waals surface area contributed by atoms with Crippen LogP contribution in [0.4, 0.5) is 0 Å². The van der Waals surface area contributed by atoms with Gasteiger partial charge in [0.2, 0.25) is 0 Å². The molecule has 0 amide bonds. The second-order valence-corrected chi connectivity index (χ2v) is 5.71. The van der Waals surface area contributed by atoms with Gasteiger partial charge >= 0.3 is 0 Å². The van der Waals surface area contributed by atoms with Gasteiger partial charge in [-0.15, -0.1) is 0 Å². The van der Waals surface area contributed by atoms with Crippen molar-refractivity contribution in [2.24, 2.45) is 5.92 Å². The van der Waals surface area contributed by atoms with Crippen LogP contribution in [-0.2, 0) is 0 Å². The molecular formula is C17H33N. The lowest BCUT2D eigenvalue weighted by atomic mass is 10.0. The van der Waals surface area contributed by atoms with E-state index < -0.39 is 0 Å². The summed E-state index contributed by atoms with van der Waals surface area (Å²) in [7, 11) is 0. The Bertz CT molecular complexity index is 192. The Morgan fingerprint density at radius 1 is 0.722 bits per heavy atom. The SMILES string of the molecule is CCCCCCCCCCCCCCC(C)C#N. The molecule has 0 saturated carbocycles. The minimum absolute atomic E-state index is 0.258. The summed E-state index contributed by atoms with van der Waals surface area (Å²) in [6, 6.07) is 2.30. The summed E-state index contributed by atoms with van der Waals surface area (Å²) in [6.07, 6.45) is 17.8. The fourth-order valence-electron chi connectivity index (χ4n) is 2.36. The number of rotatable bonds is 13. The van der Waals surface area contributed by atoms with Crippen LogP contribution >= 0.6 is 0 Å². The minimum Gasteiger partial charge on any atom is -0.198 e. The molecule has 0 N–H and O–H groups in total. The molecule has 106 valence electrons. The van der Waals surface area contributed by atoms with Crippen LogP contribution in [-0.4, -0.2) is 0 Å². The molecule has 1 nitrogen and oxygen atoms in total. The maximum Gasteiger partial charge on any atom is 0.0652 e. The van der Waals surface area contributed by atoms with Crippen molar-refractivity contribution in [1.29, 1.82) is 5.26 Å². The highest BCUT2D eigenvalue weighted by Gasteiger charge is 1.98. The number of hydrogen-bond donors (Lipinski definition) is 0. The summed E-state index contributed by atoms with van der Waals surface area (Å²) in [5.41, 5.74) is 0. The van der Waals surface area contributed by atoms with Gasteiger partial charge in [0.15, 0.2) is 0 Å². The van der Waals surface area contributed by atoms with Gasteiger partial charge in [-0.3, -0.25) is 0 Å². The molecule has 0 aromatic rings. The Labute approximate surface area is 115 Å². The monoisotopic (exact) mass is 251 g/mol. The van der Waals surface area contributed by atoms with Crippen molar-refractivity contribution < 1.29 is 0 Å². The van der Waals surface area contributed by atoms with Crippen molar-refractivity contribution >= 4 is 0 Å². The highest BCUT2D eigenvalue weighted by Crippen LogP contribution is 2.13. The molecule has 0 aromatic carbocycles. The maximum absolute atomic E-state index is 8.66. The van der Waals surface area contributed by atoms with Crippen LogP contribution in [0.3, 0.4) is 0 Å². The molecule has 1 heteroatoms. The van der Waals surface area contributed by atoms with E-state index in [0.717, 1.165) is 6.42 Å². The first-order valence-corrected chi connectivity index (χ1v) is 8.20. The van der Waals surface area contributed by atoms with E-state index in [0.29, 0.717) is 0 Å². The van der Waals surface area contributed by atoms with E-state index in [1.807, 2.05) is 6.92 Å². The van der Waals surface area contributed by atoms with Crippen LogP contribution in [0.5, 0.6) is 0 Å². The number of nitriles is 1. The number of unbranched alkanes of at least 4 members (excludes halogenated alkanes) is 11. The molecule has 1 atom stereocenters. The second-order valence-electron chi connectivity index (χ2n) is 5.71. The van der Waals surface area contributed by atoms with Gasteiger partial charge in [-0.2, -0.15) is 5.26 Å². The predicted molar refractivity (Wildman–Crippen MR) is 80.5 cm³/mol. The van der Waals surface area contributed by atoms with E-state index in [1.165, 1.54) is 77.0 Å². The number of nitrogens with zero attached hydrogens (tertiary/aromatic N) is 1. The summed E-state index contributed by atoms with van der Waals surface area (Å²) in [6.45, 7) is 4.30. The Hall–Kier alpha value is -0.510. The van der Waals surface area contributed by atoms with Crippen molar-refractivity contribution in [3.05, 3.63) is 0 Å². The zero-order chi connectivity index (χ0) is 13.5. The largest absolute Gasteiger partial charge is 0.198 e. The first kappa shape index (κ1) is 17.5. The van der Waals surface area contributed by atoms with E-state index in [-0.39, 0.29) is 5.92 Å². The quantitative estimate of drug-likeness (QED) is 0.355. The molecule has 0 bridgehead atoms. The maximum atomic E-state index is 8.66. The summed E-state index contributed by atoms with van der Waals surface area (Å²) in [5, 5.41) is 8.66. The molecule has 1 unspecified atom stereocenters. The van der Waals surface area contributed by atoms with E-state index in [9.17, 15) is 0 Å². The fourth-order valence-corrected chi connectivity index (χ4v) is 2.36. The highest BCUT2D eigenvalue weighted by atomic mass is 14.3. The Morgan fingerprint density at radius 2 is 1.11 bits per heavy atom. The molecule has 0 radical (unpaired) electrons. The Kier molecular flexibility index (Phi) is 14.1. The molecule has 0 aliphatic carbocycles. The minimum atomic E-state index is 0.258. The number of hydrogen-bond acceptors (Lipinski definition) is 1. The topological polar surface area (TPSA) is 23.8 Å². The van der Waals surface area contributed by atoms with E-state index in [4.69, 9.17) is 5.26 Å². The predicted octanol–water partition coefficient (Wildman–Crippen LogP) is 6.24. The highest BCUT2D eigenvalue weighted by molar-refractivity contribution is 4.77. The van der Waals surface area contributed by atoms with E-state index in [2.05, 4.69) is 13.0 Å². The summed E-state index contributed by atoms with van der Waals surface area (Å²) < 4.78 is 0. The second kappa shape index (κ2) is 14.6. The lowest BCUT2D eigenvalue weighted by molar-refractivity contribution is 0.524. The molecule has 0 aliphatic heterocycles. The first-order valence-electron chi connectivity index (χ1n) is 8.20. The van der Waals surface area contributed by atoms with Gasteiger partial charge in [0.25, 0.3) is 0 Å². The normalized spacial score (nSPS) is 12.3. The summed E-state index contributed by atoms with van der Waals surface area (Å²) in [4.78, 5) is 0. The zero-order valence-electron chi connectivity index (χ0n) is 12.7. The summed E-state index contributed by atoms with van der Waals surface area (Å²) in [5.74, 6) is 0.258. The molecule has 0 aliphatic rings. The van der Waals surface area contributed by atoms with Crippen LogP contribution in [0, 0.1) is 17.2 Å². The van der Waals surface area contributed by atoms with Gasteiger partial charge in [-0.05, 0) is 13.3 Å². The van der Waals surface area contributed by atoms with E-state index >= 15 is 0 Å². The van der Waals surface area contributed by atoms with Gasteiger partial charge in [0, 0.05) is 5.92 Å². The summed E-state index contributed by atoms with van der Waals surface area (Å²) >= 11 is 0. The lowest BCUT2D eigenvalue weighted by Gasteiger charge is -2.03. The van der Waals surface area contributed by atoms with Gasteiger partial charge in [-0.25, -0.2) is 0 Å². The van der Waals surface area contributed by atoms with Gasteiger partial charge in [0.05, 0.1) is 6.07 Å². The fraction of sp³-hybridized carbons (Fsp3) is 0.941. The van der Waals surface area contributed by atoms with Crippen molar-refractivity contribution in [2.75, 3.05) is 0 Å². The van der Waals surface area contributed by atoms with Crippen LogP contribution in [0.15, 0.2) is 0 Å². The lowest BCUT2D eigenvalue weighted by Crippen LogP contribution is -1.89. The van der Waals surface area contributed by atoms with E-state index in [1.54, 1.807) is 0 Å². The van der Waals surface area contributed by atoms with Crippen molar-refractivity contribution in [2.45, 2.75) is 97.3 Å². The molecule has 0 spiro atoms. The Balaban J connectivity index is 2.97. The third-order valence-corrected chi connectivity index (χ3v) is 3.71. The molecule has 0 heterocycles. The third-order valence-electron chi connectivity index (χ3n) is 3.71. The standard InChI is InChI=1S/C17H33N/c1-3-4-5-6-7-8-9-10-11-12-13-14-15-17(2)16-18/h17H,3-15H2,1-2H3. The van der Waals surface area contributed by atoms with Gasteiger partial charge in [-0.1, -0.05) is 84.0 Å². The Morgan fingerprint density at radius 3 is 1.50 bits per heavy atom. The molecule has 18 heavy (non-hydrogen) atoms. The van der Waals surface area contributed by atoms with Crippen molar-refractivity contribution in [3.63, 3.8) is 0 Å². The average molecular weight is 251 g/mol. The van der Waals surface area contributed by atoms with Crippen molar-refractivity contribution in [3.8, 4) is 6.07 Å². The smallest absolute Gasteiger partial charge is 0.0652 e. The molecule has 0 aromatic heterocycles. The molecular weight excluding hydrogens is 218 g/mol. The molecule has 0 saturated heterocycles. The zero-order valence-corrected chi connectivity index (χ0v) is 12.7. The van der Waals surface area contributed by atoms with Gasteiger partial charge in [0.1, 0.15) is 0 Å². The molecule has 0 fully saturated rings. The average Bonchev–Trinajstić information content (AvgIpc) is 2.39. The van der Waals surface area contributed by atoms with Crippen LogP contribution in [0.2, 0.25) is 0 Å². The van der Waals surface area contributed by atoms with Crippen LogP contribution < -0.4 is 0 Å². The molecule has 0 rings (SSSR count). The van der Waals surface area contributed by atoms with Crippen molar-refractivity contribution in [1.82, 2.24) is 0 Å². The van der Waals surface area contributed by atoms with Crippen LogP contribution in [0.1, 0.15) is 97.3 Å². The van der Waals surface area contributed by atoms with Gasteiger partial charge < -0.3 is 0 Å². The first-order chi connectivity index (χ1) is 8.81. The third kappa shape index (κ3) is 13.6.